The van der Waals surface area contributed by atoms with Gasteiger partial charge in [-0.2, -0.15) is 0 Å². The Morgan fingerprint density at radius 1 is 1.10 bits per heavy atom. The Balaban J connectivity index is 1.47. The third-order valence-electron chi connectivity index (χ3n) is 6.66. The van der Waals surface area contributed by atoms with Crippen LogP contribution in [0.25, 0.3) is 0 Å². The fraction of sp³-hybridized carbons (Fsp3) is 0.440. The number of ether oxygens (including phenoxy) is 2. The van der Waals surface area contributed by atoms with Gasteiger partial charge in [-0.1, -0.05) is 18.2 Å². The molecular weight excluding hydrogens is 392 g/mol. The molecule has 164 valence electrons. The fourth-order valence-corrected chi connectivity index (χ4v) is 4.71. The SMILES string of the molecule is COc1ccc(C(=O)N(C)C2CCC3(CC2)CN(C(C)=O)Cc2ccccc2O3)cc1. The van der Waals surface area contributed by atoms with Crippen molar-refractivity contribution in [2.75, 3.05) is 20.7 Å². The van der Waals surface area contributed by atoms with E-state index in [1.54, 1.807) is 26.2 Å². The Kier molecular flexibility index (Phi) is 5.90. The zero-order chi connectivity index (χ0) is 22.0. The monoisotopic (exact) mass is 422 g/mol. The molecule has 1 heterocycles. The second-order valence-electron chi connectivity index (χ2n) is 8.64. The third kappa shape index (κ3) is 4.38. The second-order valence-corrected chi connectivity index (χ2v) is 8.64. The smallest absolute Gasteiger partial charge is 0.253 e. The Hall–Kier alpha value is -3.02. The van der Waals surface area contributed by atoms with Gasteiger partial charge < -0.3 is 19.3 Å². The minimum atomic E-state index is -0.404. The van der Waals surface area contributed by atoms with E-state index in [2.05, 4.69) is 0 Å². The van der Waals surface area contributed by atoms with Gasteiger partial charge in [-0.05, 0) is 56.0 Å². The predicted molar refractivity (Wildman–Crippen MR) is 118 cm³/mol. The minimum absolute atomic E-state index is 0.0149. The molecular formula is C25H30N2O4. The molecule has 0 aromatic heterocycles. The van der Waals surface area contributed by atoms with Crippen molar-refractivity contribution in [2.24, 2.45) is 0 Å². The topological polar surface area (TPSA) is 59.1 Å². The molecule has 6 nitrogen and oxygen atoms in total. The number of fused-ring (bicyclic) bond motifs is 1. The number of benzene rings is 2. The van der Waals surface area contributed by atoms with Crippen molar-refractivity contribution in [3.05, 3.63) is 59.7 Å². The van der Waals surface area contributed by atoms with Crippen LogP contribution in [0.2, 0.25) is 0 Å². The van der Waals surface area contributed by atoms with E-state index < -0.39 is 5.60 Å². The molecule has 1 aliphatic heterocycles. The number of hydrogen-bond donors (Lipinski definition) is 0. The molecule has 0 radical (unpaired) electrons. The first-order chi connectivity index (χ1) is 14.9. The molecule has 6 heteroatoms. The summed E-state index contributed by atoms with van der Waals surface area (Å²) in [6, 6.07) is 15.3. The maximum absolute atomic E-state index is 13.0. The van der Waals surface area contributed by atoms with E-state index in [1.807, 2.05) is 53.2 Å². The van der Waals surface area contributed by atoms with E-state index >= 15 is 0 Å². The van der Waals surface area contributed by atoms with Crippen LogP contribution in [-0.4, -0.2) is 54.0 Å². The first-order valence-electron chi connectivity index (χ1n) is 10.8. The standard InChI is InChI=1S/C25H30N2O4/c1-18(28)27-16-20-6-4-5-7-23(20)31-25(17-27)14-12-21(13-15-25)26(2)24(29)19-8-10-22(30-3)11-9-19/h4-11,21H,12-17H2,1-3H3. The summed E-state index contributed by atoms with van der Waals surface area (Å²) in [5, 5.41) is 0. The Labute approximate surface area is 183 Å². The molecule has 2 aliphatic rings. The summed E-state index contributed by atoms with van der Waals surface area (Å²) in [5.74, 6) is 1.68. The van der Waals surface area contributed by atoms with Crippen LogP contribution >= 0.6 is 0 Å². The zero-order valence-electron chi connectivity index (χ0n) is 18.5. The molecule has 0 N–H and O–H groups in total. The molecule has 1 fully saturated rings. The van der Waals surface area contributed by atoms with Gasteiger partial charge in [0.15, 0.2) is 0 Å². The maximum atomic E-state index is 13.0. The van der Waals surface area contributed by atoms with Crippen molar-refractivity contribution in [2.45, 2.75) is 50.8 Å². The van der Waals surface area contributed by atoms with Crippen LogP contribution in [0.5, 0.6) is 11.5 Å². The van der Waals surface area contributed by atoms with E-state index in [0.717, 1.165) is 42.7 Å². The van der Waals surface area contributed by atoms with Gasteiger partial charge in [-0.15, -0.1) is 0 Å². The van der Waals surface area contributed by atoms with Crippen molar-refractivity contribution in [1.29, 1.82) is 0 Å². The zero-order valence-corrected chi connectivity index (χ0v) is 18.5. The van der Waals surface area contributed by atoms with E-state index in [1.165, 1.54) is 0 Å². The summed E-state index contributed by atoms with van der Waals surface area (Å²) in [6.07, 6.45) is 3.28. The first-order valence-corrected chi connectivity index (χ1v) is 10.8. The lowest BCUT2D eigenvalue weighted by molar-refractivity contribution is -0.132. The van der Waals surface area contributed by atoms with E-state index in [0.29, 0.717) is 18.7 Å². The molecule has 4 rings (SSSR count). The van der Waals surface area contributed by atoms with Gasteiger partial charge in [0, 0.05) is 37.7 Å². The summed E-state index contributed by atoms with van der Waals surface area (Å²) < 4.78 is 11.7. The minimum Gasteiger partial charge on any atom is -0.497 e. The van der Waals surface area contributed by atoms with Crippen molar-refractivity contribution in [1.82, 2.24) is 9.80 Å². The van der Waals surface area contributed by atoms with Crippen LogP contribution in [0, 0.1) is 0 Å². The summed E-state index contributed by atoms with van der Waals surface area (Å²) >= 11 is 0. The second kappa shape index (κ2) is 8.61. The molecule has 0 atom stereocenters. The van der Waals surface area contributed by atoms with E-state index in [4.69, 9.17) is 9.47 Å². The molecule has 1 aliphatic carbocycles. The van der Waals surface area contributed by atoms with Gasteiger partial charge in [-0.25, -0.2) is 0 Å². The summed E-state index contributed by atoms with van der Waals surface area (Å²) in [7, 11) is 3.49. The van der Waals surface area contributed by atoms with Gasteiger partial charge in [-0.3, -0.25) is 9.59 Å². The van der Waals surface area contributed by atoms with Crippen LogP contribution in [0.1, 0.15) is 48.5 Å². The lowest BCUT2D eigenvalue weighted by atomic mass is 9.81. The molecule has 0 bridgehead atoms. The number of rotatable bonds is 3. The highest BCUT2D eigenvalue weighted by Gasteiger charge is 2.43. The highest BCUT2D eigenvalue weighted by molar-refractivity contribution is 5.94. The van der Waals surface area contributed by atoms with Crippen molar-refractivity contribution >= 4 is 11.8 Å². The lowest BCUT2D eigenvalue weighted by Crippen LogP contribution is -2.52. The van der Waals surface area contributed by atoms with Gasteiger partial charge in [0.2, 0.25) is 5.91 Å². The summed E-state index contributed by atoms with van der Waals surface area (Å²) in [6.45, 7) is 2.78. The molecule has 31 heavy (non-hydrogen) atoms. The molecule has 0 saturated heterocycles. The number of para-hydroxylation sites is 1. The molecule has 1 spiro atoms. The Morgan fingerprint density at radius 2 is 1.77 bits per heavy atom. The maximum Gasteiger partial charge on any atom is 0.253 e. The molecule has 2 aromatic rings. The van der Waals surface area contributed by atoms with Crippen LogP contribution in [0.15, 0.2) is 48.5 Å². The normalized spacial score (nSPS) is 22.8. The Bertz CT molecular complexity index is 948. The van der Waals surface area contributed by atoms with Crippen LogP contribution in [0.3, 0.4) is 0 Å². The van der Waals surface area contributed by atoms with Crippen LogP contribution in [-0.2, 0) is 11.3 Å². The average Bonchev–Trinajstić information content (AvgIpc) is 2.95. The molecule has 2 aromatic carbocycles. The average molecular weight is 423 g/mol. The number of nitrogens with zero attached hydrogens (tertiary/aromatic N) is 2. The third-order valence-corrected chi connectivity index (χ3v) is 6.66. The lowest BCUT2D eigenvalue weighted by Gasteiger charge is -2.43. The number of methoxy groups -OCH3 is 1. The van der Waals surface area contributed by atoms with Crippen molar-refractivity contribution in [3.63, 3.8) is 0 Å². The quantitative estimate of drug-likeness (QED) is 0.753. The van der Waals surface area contributed by atoms with Gasteiger partial charge >= 0.3 is 0 Å². The van der Waals surface area contributed by atoms with E-state index in [-0.39, 0.29) is 17.9 Å². The van der Waals surface area contributed by atoms with Gasteiger partial charge in [0.25, 0.3) is 5.91 Å². The highest BCUT2D eigenvalue weighted by atomic mass is 16.5. The molecule has 1 saturated carbocycles. The van der Waals surface area contributed by atoms with Crippen LogP contribution < -0.4 is 9.47 Å². The Morgan fingerprint density at radius 3 is 2.42 bits per heavy atom. The molecule has 0 unspecified atom stereocenters. The number of amides is 2. The van der Waals surface area contributed by atoms with E-state index in [9.17, 15) is 9.59 Å². The van der Waals surface area contributed by atoms with Gasteiger partial charge in [0.05, 0.1) is 13.7 Å². The summed E-state index contributed by atoms with van der Waals surface area (Å²) in [4.78, 5) is 29.0. The number of carbonyl (C=O) groups is 2. The fourth-order valence-electron chi connectivity index (χ4n) is 4.71. The number of hydrogen-bond acceptors (Lipinski definition) is 4. The van der Waals surface area contributed by atoms with Crippen molar-refractivity contribution < 1.29 is 19.1 Å². The first kappa shape index (κ1) is 21.2. The van der Waals surface area contributed by atoms with Crippen molar-refractivity contribution in [3.8, 4) is 11.5 Å². The number of carbonyl (C=O) groups excluding carboxylic acids is 2. The predicted octanol–water partition coefficient (Wildman–Crippen LogP) is 3.89. The largest absolute Gasteiger partial charge is 0.497 e. The molecule has 2 amide bonds. The van der Waals surface area contributed by atoms with Gasteiger partial charge in [0.1, 0.15) is 17.1 Å². The summed E-state index contributed by atoms with van der Waals surface area (Å²) in [5.41, 5.74) is 1.30. The van der Waals surface area contributed by atoms with Crippen LogP contribution in [0.4, 0.5) is 0 Å². The highest BCUT2D eigenvalue weighted by Crippen LogP contribution is 2.39.